The first kappa shape index (κ1) is 13.8. The quantitative estimate of drug-likeness (QED) is 0.880. The van der Waals surface area contributed by atoms with Crippen molar-refractivity contribution in [3.63, 3.8) is 0 Å². The average molecular weight is 265 g/mol. The molecule has 0 amide bonds. The topological polar surface area (TPSA) is 21.3 Å². The molecule has 0 radical (unpaired) electrons. The van der Waals surface area contributed by atoms with E-state index in [-0.39, 0.29) is 0 Å². The van der Waals surface area contributed by atoms with Gasteiger partial charge in [-0.1, -0.05) is 12.1 Å². The van der Waals surface area contributed by atoms with Crippen LogP contribution in [-0.4, -0.2) is 25.7 Å². The molecule has 1 aromatic carbocycles. The van der Waals surface area contributed by atoms with Gasteiger partial charge in [-0.3, -0.25) is 0 Å². The van der Waals surface area contributed by atoms with E-state index in [0.717, 1.165) is 11.7 Å². The summed E-state index contributed by atoms with van der Waals surface area (Å²) in [6, 6.07) is 8.89. The number of rotatable bonds is 5. The second-order valence-corrected chi connectivity index (χ2v) is 6.13. The van der Waals surface area contributed by atoms with E-state index < -0.39 is 0 Å². The van der Waals surface area contributed by atoms with Gasteiger partial charge in [0.1, 0.15) is 5.75 Å². The zero-order valence-electron chi connectivity index (χ0n) is 11.3. The van der Waals surface area contributed by atoms with Crippen LogP contribution < -0.4 is 10.1 Å². The monoisotopic (exact) mass is 265 g/mol. The summed E-state index contributed by atoms with van der Waals surface area (Å²) in [4.78, 5) is 0. The number of methoxy groups -OCH3 is 1. The van der Waals surface area contributed by atoms with Crippen molar-refractivity contribution < 1.29 is 4.74 Å². The van der Waals surface area contributed by atoms with Crippen molar-refractivity contribution in [1.29, 1.82) is 0 Å². The molecule has 1 unspecified atom stereocenters. The molecule has 1 fully saturated rings. The van der Waals surface area contributed by atoms with Crippen molar-refractivity contribution in [2.75, 3.05) is 25.7 Å². The second-order valence-electron chi connectivity index (χ2n) is 4.91. The van der Waals surface area contributed by atoms with Crippen molar-refractivity contribution in [3.8, 4) is 5.75 Å². The van der Waals surface area contributed by atoms with Crippen molar-refractivity contribution in [2.45, 2.75) is 25.3 Å². The molecule has 1 atom stereocenters. The van der Waals surface area contributed by atoms with Crippen LogP contribution in [-0.2, 0) is 0 Å². The van der Waals surface area contributed by atoms with Crippen LogP contribution >= 0.6 is 11.8 Å². The molecular formula is C15H23NOS. The van der Waals surface area contributed by atoms with Crippen molar-refractivity contribution in [3.05, 3.63) is 29.8 Å². The van der Waals surface area contributed by atoms with Gasteiger partial charge in [0.25, 0.3) is 0 Å². The molecule has 1 aromatic rings. The first-order chi connectivity index (χ1) is 8.83. The van der Waals surface area contributed by atoms with Crippen LogP contribution in [0.3, 0.4) is 0 Å². The lowest BCUT2D eigenvalue weighted by Gasteiger charge is -2.26. The second kappa shape index (κ2) is 7.05. The van der Waals surface area contributed by atoms with Crippen molar-refractivity contribution >= 4 is 11.8 Å². The smallest absolute Gasteiger partial charge is 0.119 e. The Balaban J connectivity index is 2.02. The number of benzene rings is 1. The molecule has 0 aromatic heterocycles. The highest BCUT2D eigenvalue weighted by molar-refractivity contribution is 7.99. The van der Waals surface area contributed by atoms with Crippen LogP contribution in [0.4, 0.5) is 0 Å². The third-order valence-corrected chi connectivity index (χ3v) is 4.80. The maximum atomic E-state index is 5.31. The Morgan fingerprint density at radius 1 is 1.39 bits per heavy atom. The molecule has 3 heteroatoms. The molecule has 1 saturated heterocycles. The van der Waals surface area contributed by atoms with E-state index in [4.69, 9.17) is 4.74 Å². The Kier molecular flexibility index (Phi) is 5.39. The molecule has 0 aliphatic carbocycles. The summed E-state index contributed by atoms with van der Waals surface area (Å²) in [5.41, 5.74) is 1.34. The van der Waals surface area contributed by atoms with Gasteiger partial charge in [-0.2, -0.15) is 11.8 Å². The molecule has 18 heavy (non-hydrogen) atoms. The maximum Gasteiger partial charge on any atom is 0.119 e. The normalized spacial score (nSPS) is 18.6. The number of ether oxygens (including phenoxy) is 1. The third-order valence-electron chi connectivity index (χ3n) is 3.75. The maximum absolute atomic E-state index is 5.31. The van der Waals surface area contributed by atoms with E-state index in [1.54, 1.807) is 7.11 Å². The Morgan fingerprint density at radius 3 is 2.83 bits per heavy atom. The Morgan fingerprint density at radius 2 is 2.17 bits per heavy atom. The van der Waals surface area contributed by atoms with Gasteiger partial charge in [-0.05, 0) is 61.4 Å². The molecule has 100 valence electrons. The highest BCUT2D eigenvalue weighted by atomic mass is 32.2. The Labute approximate surface area is 114 Å². The van der Waals surface area contributed by atoms with E-state index in [0.29, 0.717) is 6.04 Å². The minimum Gasteiger partial charge on any atom is -0.497 e. The molecule has 1 heterocycles. The fourth-order valence-electron chi connectivity index (χ4n) is 2.59. The number of hydrogen-bond acceptors (Lipinski definition) is 3. The SMILES string of the molecule is CNC(CC1CCSCC1)c1cccc(OC)c1. The van der Waals surface area contributed by atoms with Gasteiger partial charge in [0.15, 0.2) is 0 Å². The highest BCUT2D eigenvalue weighted by Crippen LogP contribution is 2.31. The van der Waals surface area contributed by atoms with Gasteiger partial charge < -0.3 is 10.1 Å². The number of nitrogens with one attached hydrogen (secondary N) is 1. The molecule has 0 bridgehead atoms. The number of hydrogen-bond donors (Lipinski definition) is 1. The lowest BCUT2D eigenvalue weighted by atomic mass is 9.91. The summed E-state index contributed by atoms with van der Waals surface area (Å²) in [6.07, 6.45) is 3.98. The molecule has 2 rings (SSSR count). The summed E-state index contributed by atoms with van der Waals surface area (Å²) in [5.74, 6) is 4.49. The van der Waals surface area contributed by atoms with Crippen LogP contribution in [0.25, 0.3) is 0 Å². The van der Waals surface area contributed by atoms with Crippen LogP contribution in [0.5, 0.6) is 5.75 Å². The molecule has 0 saturated carbocycles. The van der Waals surface area contributed by atoms with Crippen LogP contribution in [0.2, 0.25) is 0 Å². The van der Waals surface area contributed by atoms with Crippen LogP contribution in [0.1, 0.15) is 30.9 Å². The predicted octanol–water partition coefficient (Wildman–Crippen LogP) is 3.49. The van der Waals surface area contributed by atoms with Gasteiger partial charge in [0.2, 0.25) is 0 Å². The minimum atomic E-state index is 0.452. The van der Waals surface area contributed by atoms with E-state index in [1.807, 2.05) is 6.07 Å². The summed E-state index contributed by atoms with van der Waals surface area (Å²) in [5, 5.41) is 3.45. The third kappa shape index (κ3) is 3.66. The number of thioether (sulfide) groups is 1. The fraction of sp³-hybridized carbons (Fsp3) is 0.600. The average Bonchev–Trinajstić information content (AvgIpc) is 2.46. The molecule has 1 aliphatic heterocycles. The standard InChI is InChI=1S/C15H23NOS/c1-16-15(10-12-6-8-18-9-7-12)13-4-3-5-14(11-13)17-2/h3-5,11-12,15-16H,6-10H2,1-2H3. The van der Waals surface area contributed by atoms with Crippen molar-refractivity contribution in [2.24, 2.45) is 5.92 Å². The van der Waals surface area contributed by atoms with E-state index >= 15 is 0 Å². The van der Waals surface area contributed by atoms with Gasteiger partial charge in [-0.15, -0.1) is 0 Å². The van der Waals surface area contributed by atoms with Gasteiger partial charge in [0.05, 0.1) is 7.11 Å². The van der Waals surface area contributed by atoms with Gasteiger partial charge >= 0.3 is 0 Å². The van der Waals surface area contributed by atoms with E-state index in [2.05, 4.69) is 42.3 Å². The molecule has 1 aliphatic rings. The fourth-order valence-corrected chi connectivity index (χ4v) is 3.80. The lowest BCUT2D eigenvalue weighted by molar-refractivity contribution is 0.381. The van der Waals surface area contributed by atoms with Crippen LogP contribution in [0, 0.1) is 5.92 Å². The summed E-state index contributed by atoms with van der Waals surface area (Å²) in [6.45, 7) is 0. The summed E-state index contributed by atoms with van der Waals surface area (Å²) >= 11 is 2.09. The van der Waals surface area contributed by atoms with Crippen molar-refractivity contribution in [1.82, 2.24) is 5.32 Å². The largest absolute Gasteiger partial charge is 0.497 e. The van der Waals surface area contributed by atoms with E-state index in [1.165, 1.54) is 36.3 Å². The first-order valence-corrected chi connectivity index (χ1v) is 7.88. The van der Waals surface area contributed by atoms with Crippen LogP contribution in [0.15, 0.2) is 24.3 Å². The summed E-state index contributed by atoms with van der Waals surface area (Å²) < 4.78 is 5.31. The minimum absolute atomic E-state index is 0.452. The molecular weight excluding hydrogens is 242 g/mol. The highest BCUT2D eigenvalue weighted by Gasteiger charge is 2.19. The Hall–Kier alpha value is -0.670. The van der Waals surface area contributed by atoms with E-state index in [9.17, 15) is 0 Å². The lowest BCUT2D eigenvalue weighted by Crippen LogP contribution is -2.22. The van der Waals surface area contributed by atoms with Gasteiger partial charge in [0, 0.05) is 6.04 Å². The Bertz CT molecular complexity index is 363. The molecule has 2 nitrogen and oxygen atoms in total. The molecule has 0 spiro atoms. The zero-order chi connectivity index (χ0) is 12.8. The molecule has 1 N–H and O–H groups in total. The zero-order valence-corrected chi connectivity index (χ0v) is 12.1. The predicted molar refractivity (Wildman–Crippen MR) is 79.5 cm³/mol. The van der Waals surface area contributed by atoms with Gasteiger partial charge in [-0.25, -0.2) is 0 Å². The first-order valence-electron chi connectivity index (χ1n) is 6.72. The summed E-state index contributed by atoms with van der Waals surface area (Å²) in [7, 11) is 3.79.